The zero-order valence-electron chi connectivity index (χ0n) is 7.93. The first-order valence-corrected chi connectivity index (χ1v) is 4.30. The van der Waals surface area contributed by atoms with Crippen LogP contribution in [-0.4, -0.2) is 21.4 Å². The van der Waals surface area contributed by atoms with E-state index in [1.807, 2.05) is 0 Å². The molecule has 2 rings (SSSR count). The summed E-state index contributed by atoms with van der Waals surface area (Å²) in [6.07, 6.45) is 0.448. The number of aromatic nitrogens is 2. The molecule has 0 aliphatic rings. The molecule has 78 valence electrons. The molecule has 0 saturated carbocycles. The summed E-state index contributed by atoms with van der Waals surface area (Å²) in [4.78, 5) is 20.3. The Balaban J connectivity index is 2.70. The van der Waals surface area contributed by atoms with E-state index >= 15 is 0 Å². The van der Waals surface area contributed by atoms with Crippen molar-refractivity contribution in [1.82, 2.24) is 10.2 Å². The molecule has 0 bridgehead atoms. The number of aromatic amines is 1. The van der Waals surface area contributed by atoms with Crippen molar-refractivity contribution in [2.24, 2.45) is 0 Å². The SMILES string of the molecule is O=CC#Cc1[nH]nc2c([N+](=O)[O-])cccc12. The van der Waals surface area contributed by atoms with Gasteiger partial charge in [0.2, 0.25) is 0 Å². The molecule has 0 atom stereocenters. The van der Waals surface area contributed by atoms with Crippen molar-refractivity contribution in [2.75, 3.05) is 0 Å². The van der Waals surface area contributed by atoms with Crippen molar-refractivity contribution in [3.05, 3.63) is 34.0 Å². The van der Waals surface area contributed by atoms with Crippen LogP contribution in [0.3, 0.4) is 0 Å². The van der Waals surface area contributed by atoms with Gasteiger partial charge < -0.3 is 0 Å². The predicted molar refractivity (Wildman–Crippen MR) is 55.7 cm³/mol. The Morgan fingerprint density at radius 1 is 1.50 bits per heavy atom. The molecule has 1 aromatic carbocycles. The predicted octanol–water partition coefficient (Wildman–Crippen LogP) is 1.02. The highest BCUT2D eigenvalue weighted by Gasteiger charge is 2.15. The number of nitrogens with one attached hydrogen (secondary N) is 1. The molecule has 1 aromatic heterocycles. The van der Waals surface area contributed by atoms with Crippen LogP contribution in [0.2, 0.25) is 0 Å². The maximum atomic E-state index is 10.7. The molecule has 0 fully saturated rings. The van der Waals surface area contributed by atoms with Crippen LogP contribution in [0.25, 0.3) is 10.9 Å². The minimum Gasteiger partial charge on any atom is -0.289 e. The quantitative estimate of drug-likeness (QED) is 0.333. The standard InChI is InChI=1S/C10H5N3O3/c14-6-2-4-8-7-3-1-5-9(13(15)16)10(7)12-11-8/h1,3,5-6H,(H,11,12). The lowest BCUT2D eigenvalue weighted by molar-refractivity contribution is -0.383. The number of carbonyl (C=O) groups excluding carboxylic acids is 1. The Morgan fingerprint density at radius 2 is 2.31 bits per heavy atom. The summed E-state index contributed by atoms with van der Waals surface area (Å²) in [6.45, 7) is 0. The molecule has 1 heterocycles. The van der Waals surface area contributed by atoms with Crippen LogP contribution in [0.15, 0.2) is 18.2 Å². The average Bonchev–Trinajstić information content (AvgIpc) is 2.69. The molecule has 1 N–H and O–H groups in total. The highest BCUT2D eigenvalue weighted by Crippen LogP contribution is 2.24. The third kappa shape index (κ3) is 1.50. The summed E-state index contributed by atoms with van der Waals surface area (Å²) < 4.78 is 0. The molecular weight excluding hydrogens is 210 g/mol. The average molecular weight is 215 g/mol. The lowest BCUT2D eigenvalue weighted by atomic mass is 10.2. The van der Waals surface area contributed by atoms with Crippen molar-refractivity contribution in [3.8, 4) is 11.8 Å². The molecule has 2 aromatic rings. The van der Waals surface area contributed by atoms with Gasteiger partial charge in [0.15, 0.2) is 11.8 Å². The highest BCUT2D eigenvalue weighted by atomic mass is 16.6. The first-order chi connectivity index (χ1) is 7.74. The molecule has 0 spiro atoms. The summed E-state index contributed by atoms with van der Waals surface area (Å²) in [7, 11) is 0. The maximum Gasteiger partial charge on any atom is 0.297 e. The van der Waals surface area contributed by atoms with Gasteiger partial charge >= 0.3 is 0 Å². The van der Waals surface area contributed by atoms with Crippen LogP contribution in [0.4, 0.5) is 5.69 Å². The number of hydrogen-bond acceptors (Lipinski definition) is 4. The number of carbonyl (C=O) groups is 1. The van der Waals surface area contributed by atoms with E-state index in [9.17, 15) is 14.9 Å². The van der Waals surface area contributed by atoms with Gasteiger partial charge in [-0.15, -0.1) is 0 Å². The Labute approximate surface area is 89.4 Å². The van der Waals surface area contributed by atoms with Gasteiger partial charge in [-0.1, -0.05) is 6.07 Å². The number of H-pyrrole nitrogens is 1. The van der Waals surface area contributed by atoms with E-state index in [-0.39, 0.29) is 11.2 Å². The minimum atomic E-state index is -0.514. The van der Waals surface area contributed by atoms with Crippen molar-refractivity contribution in [3.63, 3.8) is 0 Å². The Bertz CT molecular complexity index is 634. The van der Waals surface area contributed by atoms with Crippen molar-refractivity contribution in [1.29, 1.82) is 0 Å². The summed E-state index contributed by atoms with van der Waals surface area (Å²) in [5.74, 6) is 4.74. The van der Waals surface area contributed by atoms with Gasteiger partial charge in [0.25, 0.3) is 5.69 Å². The number of benzene rings is 1. The summed E-state index contributed by atoms with van der Waals surface area (Å²) >= 11 is 0. The van der Waals surface area contributed by atoms with Crippen molar-refractivity contribution >= 4 is 22.9 Å². The maximum absolute atomic E-state index is 10.7. The van der Waals surface area contributed by atoms with Crippen molar-refractivity contribution < 1.29 is 9.72 Å². The Morgan fingerprint density at radius 3 is 3.00 bits per heavy atom. The number of aldehydes is 1. The van der Waals surface area contributed by atoms with E-state index in [1.165, 1.54) is 6.07 Å². The number of rotatable bonds is 1. The third-order valence-corrected chi connectivity index (χ3v) is 2.02. The van der Waals surface area contributed by atoms with E-state index in [1.54, 1.807) is 12.1 Å². The largest absolute Gasteiger partial charge is 0.297 e. The smallest absolute Gasteiger partial charge is 0.289 e. The normalized spacial score (nSPS) is 9.50. The topological polar surface area (TPSA) is 88.9 Å². The van der Waals surface area contributed by atoms with Crippen LogP contribution in [0.1, 0.15) is 5.69 Å². The second kappa shape index (κ2) is 3.82. The van der Waals surface area contributed by atoms with E-state index in [2.05, 4.69) is 22.0 Å². The number of nitro benzene ring substituents is 1. The second-order valence-corrected chi connectivity index (χ2v) is 2.92. The van der Waals surface area contributed by atoms with Crippen LogP contribution in [-0.2, 0) is 4.79 Å². The number of non-ortho nitro benzene ring substituents is 1. The lowest BCUT2D eigenvalue weighted by Gasteiger charge is -1.91. The van der Waals surface area contributed by atoms with Crippen LogP contribution >= 0.6 is 0 Å². The molecule has 0 aliphatic heterocycles. The van der Waals surface area contributed by atoms with Crippen LogP contribution < -0.4 is 0 Å². The van der Waals surface area contributed by atoms with E-state index in [0.29, 0.717) is 17.4 Å². The fourth-order valence-corrected chi connectivity index (χ4v) is 1.37. The van der Waals surface area contributed by atoms with Gasteiger partial charge in [-0.2, -0.15) is 5.10 Å². The van der Waals surface area contributed by atoms with Crippen LogP contribution in [0.5, 0.6) is 0 Å². The molecule has 6 nitrogen and oxygen atoms in total. The zero-order valence-corrected chi connectivity index (χ0v) is 7.93. The first-order valence-electron chi connectivity index (χ1n) is 4.30. The molecule has 0 saturated heterocycles. The van der Waals surface area contributed by atoms with Gasteiger partial charge in [-0.25, -0.2) is 0 Å². The zero-order chi connectivity index (χ0) is 11.5. The summed E-state index contributed by atoms with van der Waals surface area (Å²) in [6, 6.07) is 4.56. The highest BCUT2D eigenvalue weighted by molar-refractivity contribution is 5.91. The van der Waals surface area contributed by atoms with Gasteiger partial charge in [-0.05, 0) is 17.9 Å². The molecular formula is C10H5N3O3. The summed E-state index contributed by atoms with van der Waals surface area (Å²) in [5.41, 5.74) is 0.543. The number of fused-ring (bicyclic) bond motifs is 1. The summed E-state index contributed by atoms with van der Waals surface area (Å²) in [5, 5.41) is 17.6. The van der Waals surface area contributed by atoms with E-state index in [0.717, 1.165) is 0 Å². The van der Waals surface area contributed by atoms with Gasteiger partial charge in [0.05, 0.1) is 4.92 Å². The number of nitrogens with zero attached hydrogens (tertiary/aromatic N) is 2. The van der Waals surface area contributed by atoms with Crippen LogP contribution in [0, 0.1) is 22.0 Å². The fourth-order valence-electron chi connectivity index (χ4n) is 1.37. The second-order valence-electron chi connectivity index (χ2n) is 2.92. The molecule has 6 heteroatoms. The Kier molecular flexibility index (Phi) is 2.36. The van der Waals surface area contributed by atoms with Crippen molar-refractivity contribution in [2.45, 2.75) is 0 Å². The molecule has 0 radical (unpaired) electrons. The number of nitro groups is 1. The molecule has 0 amide bonds. The monoisotopic (exact) mass is 215 g/mol. The molecule has 16 heavy (non-hydrogen) atoms. The third-order valence-electron chi connectivity index (χ3n) is 2.02. The number of hydrogen-bond donors (Lipinski definition) is 1. The lowest BCUT2D eigenvalue weighted by Crippen LogP contribution is -1.88. The number of para-hydroxylation sites is 1. The molecule has 0 aliphatic carbocycles. The Hall–Kier alpha value is -2.68. The van der Waals surface area contributed by atoms with Gasteiger partial charge in [-0.3, -0.25) is 20.0 Å². The van der Waals surface area contributed by atoms with Gasteiger partial charge in [0.1, 0.15) is 5.69 Å². The molecule has 0 unspecified atom stereocenters. The van der Waals surface area contributed by atoms with E-state index < -0.39 is 4.92 Å². The first kappa shape index (κ1) is 9.86. The van der Waals surface area contributed by atoms with Gasteiger partial charge in [0, 0.05) is 11.5 Å². The fraction of sp³-hybridized carbons (Fsp3) is 0. The van der Waals surface area contributed by atoms with E-state index in [4.69, 9.17) is 0 Å². The minimum absolute atomic E-state index is 0.0899.